The van der Waals surface area contributed by atoms with Crippen LogP contribution in [0.5, 0.6) is 0 Å². The van der Waals surface area contributed by atoms with Gasteiger partial charge >= 0.3 is 0 Å². The highest BCUT2D eigenvalue weighted by atomic mass is 35.5. The van der Waals surface area contributed by atoms with Gasteiger partial charge in [-0.1, -0.05) is 36.2 Å². The lowest BCUT2D eigenvalue weighted by Crippen LogP contribution is -1.96. The van der Waals surface area contributed by atoms with Crippen LogP contribution in [0.4, 0.5) is 0 Å². The lowest BCUT2D eigenvalue weighted by molar-refractivity contribution is 1.03. The second kappa shape index (κ2) is 4.23. The van der Waals surface area contributed by atoms with Crippen LogP contribution in [0.15, 0.2) is 12.1 Å². The summed E-state index contributed by atoms with van der Waals surface area (Å²) in [5, 5.41) is 2.28. The molecule has 2 rings (SSSR count). The molecule has 84 valence electrons. The number of rotatable bonds is 1. The maximum Gasteiger partial charge on any atom is 0.0764 e. The summed E-state index contributed by atoms with van der Waals surface area (Å²) in [6, 6.07) is 3.85. The van der Waals surface area contributed by atoms with E-state index in [0.717, 1.165) is 39.2 Å². The Kier molecular flexibility index (Phi) is 3.09. The summed E-state index contributed by atoms with van der Waals surface area (Å²) in [6.07, 6.45) is 0.882. The third-order valence-electron chi connectivity index (χ3n) is 2.89. The van der Waals surface area contributed by atoms with Gasteiger partial charge in [0, 0.05) is 11.1 Å². The van der Waals surface area contributed by atoms with E-state index >= 15 is 0 Å². The molecule has 0 saturated carbocycles. The summed E-state index contributed by atoms with van der Waals surface area (Å²) < 4.78 is 0. The van der Waals surface area contributed by atoms with Gasteiger partial charge in [0.15, 0.2) is 0 Å². The van der Waals surface area contributed by atoms with Crippen LogP contribution in [0, 0.1) is 13.8 Å². The highest BCUT2D eigenvalue weighted by Crippen LogP contribution is 2.34. The van der Waals surface area contributed by atoms with Crippen LogP contribution in [-0.4, -0.2) is 4.98 Å². The highest BCUT2D eigenvalue weighted by Gasteiger charge is 2.13. The van der Waals surface area contributed by atoms with E-state index in [-0.39, 0.29) is 0 Å². The fraction of sp³-hybridized carbons (Fsp3) is 0.308. The van der Waals surface area contributed by atoms with Gasteiger partial charge in [0.1, 0.15) is 0 Å². The number of fused-ring (bicyclic) bond motifs is 1. The number of benzene rings is 1. The van der Waals surface area contributed by atoms with Crippen molar-refractivity contribution in [1.82, 2.24) is 4.98 Å². The van der Waals surface area contributed by atoms with Crippen molar-refractivity contribution < 1.29 is 0 Å². The van der Waals surface area contributed by atoms with Crippen LogP contribution in [0.3, 0.4) is 0 Å². The predicted octanol–water partition coefficient (Wildman–Crippen LogP) is 4.72. The molecule has 0 fully saturated rings. The number of hydrogen-bond acceptors (Lipinski definition) is 1. The number of aromatic nitrogens is 1. The first-order chi connectivity index (χ1) is 7.56. The smallest absolute Gasteiger partial charge is 0.0764 e. The minimum Gasteiger partial charge on any atom is -0.252 e. The Morgan fingerprint density at radius 1 is 1.19 bits per heavy atom. The van der Waals surface area contributed by atoms with Gasteiger partial charge in [0.2, 0.25) is 0 Å². The van der Waals surface area contributed by atoms with Crippen molar-refractivity contribution in [2.75, 3.05) is 0 Å². The maximum absolute atomic E-state index is 6.36. The molecule has 0 N–H and O–H groups in total. The molecule has 0 saturated heterocycles. The Hall–Kier alpha value is -0.790. The summed E-state index contributed by atoms with van der Waals surface area (Å²) in [6.45, 7) is 6.10. The highest BCUT2D eigenvalue weighted by molar-refractivity contribution is 6.42. The maximum atomic E-state index is 6.36. The zero-order chi connectivity index (χ0) is 11.9. The monoisotopic (exact) mass is 253 g/mol. The quantitative estimate of drug-likeness (QED) is 0.717. The molecule has 0 aliphatic heterocycles. The summed E-state index contributed by atoms with van der Waals surface area (Å²) >= 11 is 12.5. The predicted molar refractivity (Wildman–Crippen MR) is 70.6 cm³/mol. The molecule has 0 radical (unpaired) electrons. The Labute approximate surface area is 105 Å². The zero-order valence-electron chi connectivity index (χ0n) is 9.56. The van der Waals surface area contributed by atoms with E-state index in [1.807, 2.05) is 26.0 Å². The van der Waals surface area contributed by atoms with Gasteiger partial charge in [0.25, 0.3) is 0 Å². The topological polar surface area (TPSA) is 12.9 Å². The average molecular weight is 254 g/mol. The van der Waals surface area contributed by atoms with Crippen molar-refractivity contribution in [3.63, 3.8) is 0 Å². The Morgan fingerprint density at radius 2 is 1.88 bits per heavy atom. The Morgan fingerprint density at radius 3 is 2.50 bits per heavy atom. The van der Waals surface area contributed by atoms with Gasteiger partial charge < -0.3 is 0 Å². The first kappa shape index (κ1) is 11.7. The second-order valence-electron chi connectivity index (χ2n) is 3.94. The van der Waals surface area contributed by atoms with E-state index in [1.165, 1.54) is 0 Å². The molecule has 0 atom stereocenters. The van der Waals surface area contributed by atoms with Crippen molar-refractivity contribution >= 4 is 34.1 Å². The van der Waals surface area contributed by atoms with Gasteiger partial charge in [-0.2, -0.15) is 0 Å². The van der Waals surface area contributed by atoms with Crippen LogP contribution >= 0.6 is 23.2 Å². The molecule has 0 bridgehead atoms. The SMILES string of the molecule is CCc1nc2c(C)ccc(Cl)c2c(Cl)c1C. The van der Waals surface area contributed by atoms with E-state index in [4.69, 9.17) is 23.2 Å². The van der Waals surface area contributed by atoms with Gasteiger partial charge in [-0.15, -0.1) is 0 Å². The second-order valence-corrected chi connectivity index (χ2v) is 4.72. The van der Waals surface area contributed by atoms with E-state index < -0.39 is 0 Å². The third-order valence-corrected chi connectivity index (χ3v) is 3.68. The van der Waals surface area contributed by atoms with Crippen LogP contribution in [0.25, 0.3) is 10.9 Å². The molecule has 1 aromatic carbocycles. The van der Waals surface area contributed by atoms with Crippen LogP contribution < -0.4 is 0 Å². The Balaban J connectivity index is 2.97. The molecule has 0 aliphatic carbocycles. The Bertz CT molecular complexity index is 562. The third kappa shape index (κ3) is 1.68. The molecule has 3 heteroatoms. The summed E-state index contributed by atoms with van der Waals surface area (Å²) in [5.41, 5.74) is 4.10. The fourth-order valence-electron chi connectivity index (χ4n) is 1.90. The van der Waals surface area contributed by atoms with Crippen molar-refractivity contribution in [2.24, 2.45) is 0 Å². The zero-order valence-corrected chi connectivity index (χ0v) is 11.1. The average Bonchev–Trinajstić information content (AvgIpc) is 2.27. The van der Waals surface area contributed by atoms with Gasteiger partial charge in [-0.05, 0) is 37.5 Å². The molecule has 0 aliphatic rings. The van der Waals surface area contributed by atoms with Crippen LogP contribution in [0.1, 0.15) is 23.7 Å². The van der Waals surface area contributed by atoms with Crippen molar-refractivity contribution in [3.05, 3.63) is 39.0 Å². The number of halogens is 2. The number of aryl methyl sites for hydroxylation is 2. The number of nitrogens with zero attached hydrogens (tertiary/aromatic N) is 1. The molecule has 1 nitrogen and oxygen atoms in total. The van der Waals surface area contributed by atoms with E-state index in [9.17, 15) is 0 Å². The first-order valence-corrected chi connectivity index (χ1v) is 6.05. The van der Waals surface area contributed by atoms with E-state index in [2.05, 4.69) is 11.9 Å². The number of pyridine rings is 1. The van der Waals surface area contributed by atoms with Crippen molar-refractivity contribution in [2.45, 2.75) is 27.2 Å². The normalized spacial score (nSPS) is 11.1. The lowest BCUT2D eigenvalue weighted by Gasteiger charge is -2.11. The van der Waals surface area contributed by atoms with Crippen LogP contribution in [-0.2, 0) is 6.42 Å². The molecule has 1 aromatic heterocycles. The van der Waals surface area contributed by atoms with Crippen molar-refractivity contribution in [1.29, 1.82) is 0 Å². The lowest BCUT2D eigenvalue weighted by atomic mass is 10.1. The fourth-order valence-corrected chi connectivity index (χ4v) is 2.50. The minimum absolute atomic E-state index is 0.670. The summed E-state index contributed by atoms with van der Waals surface area (Å²) in [4.78, 5) is 4.65. The molecular formula is C13H13Cl2N. The van der Waals surface area contributed by atoms with Crippen LogP contribution in [0.2, 0.25) is 10.0 Å². The molecule has 16 heavy (non-hydrogen) atoms. The summed E-state index contributed by atoms with van der Waals surface area (Å²) in [7, 11) is 0. The molecule has 1 heterocycles. The van der Waals surface area contributed by atoms with Gasteiger partial charge in [-0.25, -0.2) is 0 Å². The van der Waals surface area contributed by atoms with E-state index in [1.54, 1.807) is 0 Å². The van der Waals surface area contributed by atoms with E-state index in [0.29, 0.717) is 5.02 Å². The molecular weight excluding hydrogens is 241 g/mol. The first-order valence-electron chi connectivity index (χ1n) is 5.30. The minimum atomic E-state index is 0.670. The molecule has 0 unspecified atom stereocenters. The largest absolute Gasteiger partial charge is 0.252 e. The van der Waals surface area contributed by atoms with Crippen molar-refractivity contribution in [3.8, 4) is 0 Å². The molecule has 2 aromatic rings. The van der Waals surface area contributed by atoms with Gasteiger partial charge in [-0.3, -0.25) is 4.98 Å². The molecule has 0 amide bonds. The summed E-state index contributed by atoms with van der Waals surface area (Å²) in [5.74, 6) is 0. The molecule has 0 spiro atoms. The van der Waals surface area contributed by atoms with Gasteiger partial charge in [0.05, 0.1) is 15.6 Å². The number of hydrogen-bond donors (Lipinski definition) is 0. The standard InChI is InChI=1S/C13H13Cl2N/c1-4-10-8(3)12(15)11-9(14)6-5-7(2)13(11)16-10/h5-6H,4H2,1-3H3.